The lowest BCUT2D eigenvalue weighted by Gasteiger charge is -1.94. The number of hydrogen-bond donors (Lipinski definition) is 1. The van der Waals surface area contributed by atoms with Gasteiger partial charge in [-0.05, 0) is 26.9 Å². The molecule has 0 aliphatic rings. The summed E-state index contributed by atoms with van der Waals surface area (Å²) in [5.41, 5.74) is 0. The molecule has 0 fully saturated rings. The molecule has 0 bridgehead atoms. The van der Waals surface area contributed by atoms with Crippen molar-refractivity contribution >= 4 is 0 Å². The van der Waals surface area contributed by atoms with Gasteiger partial charge in [0, 0.05) is 7.11 Å². The second kappa shape index (κ2) is 11.7. The van der Waals surface area contributed by atoms with E-state index in [-0.39, 0.29) is 0 Å². The Labute approximate surface area is 65.0 Å². The molecule has 0 aromatic carbocycles. The van der Waals surface area contributed by atoms with E-state index in [1.165, 1.54) is 0 Å². The van der Waals surface area contributed by atoms with Crippen LogP contribution in [0, 0.1) is 0 Å². The van der Waals surface area contributed by atoms with Crippen LogP contribution in [0.15, 0.2) is 0 Å². The lowest BCUT2D eigenvalue weighted by Crippen LogP contribution is -2.09. The van der Waals surface area contributed by atoms with Crippen LogP contribution in [0.1, 0.15) is 27.7 Å². The van der Waals surface area contributed by atoms with Gasteiger partial charge in [-0.1, -0.05) is 13.8 Å². The summed E-state index contributed by atoms with van der Waals surface area (Å²) in [5.74, 6) is 0. The Morgan fingerprint density at radius 3 is 1.50 bits per heavy atom. The minimum atomic E-state index is 0.384. The molecule has 0 aromatic rings. The summed E-state index contributed by atoms with van der Waals surface area (Å²) in [5, 5.41) is 3.11. The van der Waals surface area contributed by atoms with Crippen LogP contribution in [0.25, 0.3) is 0 Å². The highest BCUT2D eigenvalue weighted by molar-refractivity contribution is 4.28. The Bertz CT molecular complexity index is 44.5. The molecule has 0 aliphatic heterocycles. The smallest absolute Gasteiger partial charge is 0.0515 e. The maximum atomic E-state index is 4.75. The van der Waals surface area contributed by atoms with Gasteiger partial charge in [-0.25, -0.2) is 0 Å². The van der Waals surface area contributed by atoms with Crippen molar-refractivity contribution in [1.29, 1.82) is 0 Å². The molecule has 0 amide bonds. The highest BCUT2D eigenvalue weighted by Crippen LogP contribution is 1.77. The number of hydrogen-bond acceptors (Lipinski definition) is 2. The third-order valence-corrected chi connectivity index (χ3v) is 0.971. The molecule has 0 radical (unpaired) electrons. The molecule has 0 unspecified atom stereocenters. The fourth-order valence-corrected chi connectivity index (χ4v) is 0.250. The minimum Gasteiger partial charge on any atom is -0.382 e. The largest absolute Gasteiger partial charge is 0.382 e. The number of ether oxygens (including phenoxy) is 1. The molecule has 10 heavy (non-hydrogen) atoms. The van der Waals surface area contributed by atoms with Crippen LogP contribution in [0.3, 0.4) is 0 Å². The third kappa shape index (κ3) is 24.7. The van der Waals surface area contributed by atoms with Crippen molar-refractivity contribution in [2.45, 2.75) is 33.8 Å². The first-order valence-corrected chi connectivity index (χ1v) is 3.92. The van der Waals surface area contributed by atoms with Crippen LogP contribution < -0.4 is 5.32 Å². The Hall–Kier alpha value is -0.0800. The van der Waals surface area contributed by atoms with Gasteiger partial charge in [-0.3, -0.25) is 0 Å². The summed E-state index contributed by atoms with van der Waals surface area (Å²) in [7, 11) is 1.70. The van der Waals surface area contributed by atoms with Crippen LogP contribution in [0.2, 0.25) is 0 Å². The summed E-state index contributed by atoms with van der Waals surface area (Å²) in [6.07, 6.45) is 0.384. The fraction of sp³-hybridized carbons (Fsp3) is 1.00. The monoisotopic (exact) mass is 147 g/mol. The minimum absolute atomic E-state index is 0.384. The van der Waals surface area contributed by atoms with E-state index in [9.17, 15) is 0 Å². The molecule has 0 saturated heterocycles. The van der Waals surface area contributed by atoms with Gasteiger partial charge in [0.2, 0.25) is 0 Å². The standard InChI is InChI=1S/C4H11N.C4H10O/c1-3-5-4-2;1-4(2)5-3/h5H,3-4H2,1-2H3;4H,1-3H3. The molecule has 2 nitrogen and oxygen atoms in total. The average molecular weight is 147 g/mol. The molecule has 0 aliphatic carbocycles. The molecule has 0 saturated carbocycles. The van der Waals surface area contributed by atoms with Crippen LogP contribution in [-0.2, 0) is 4.74 Å². The molecule has 0 spiro atoms. The van der Waals surface area contributed by atoms with Crippen LogP contribution in [-0.4, -0.2) is 26.3 Å². The molecular formula is C8H21NO. The summed E-state index contributed by atoms with van der Waals surface area (Å²) in [6.45, 7) is 10.4. The van der Waals surface area contributed by atoms with Crippen molar-refractivity contribution in [2.75, 3.05) is 20.2 Å². The Morgan fingerprint density at radius 1 is 1.20 bits per heavy atom. The number of methoxy groups -OCH3 is 1. The van der Waals surface area contributed by atoms with Crippen LogP contribution in [0.5, 0.6) is 0 Å². The van der Waals surface area contributed by atoms with Crippen molar-refractivity contribution in [1.82, 2.24) is 5.32 Å². The van der Waals surface area contributed by atoms with Crippen LogP contribution in [0.4, 0.5) is 0 Å². The van der Waals surface area contributed by atoms with Crippen molar-refractivity contribution in [3.63, 3.8) is 0 Å². The molecule has 0 aromatic heterocycles. The van der Waals surface area contributed by atoms with Gasteiger partial charge < -0.3 is 10.1 Å². The SMILES string of the molecule is CCNCC.COC(C)C. The lowest BCUT2D eigenvalue weighted by molar-refractivity contribution is 0.134. The quantitative estimate of drug-likeness (QED) is 0.655. The van der Waals surface area contributed by atoms with Gasteiger partial charge >= 0.3 is 0 Å². The maximum absolute atomic E-state index is 4.75. The van der Waals surface area contributed by atoms with Crippen LogP contribution >= 0.6 is 0 Å². The van der Waals surface area contributed by atoms with E-state index < -0.39 is 0 Å². The zero-order chi connectivity index (χ0) is 8.41. The molecule has 2 heteroatoms. The predicted molar refractivity (Wildman–Crippen MR) is 46.4 cm³/mol. The Balaban J connectivity index is 0. The molecule has 0 rings (SSSR count). The number of nitrogens with one attached hydrogen (secondary N) is 1. The summed E-state index contributed by atoms with van der Waals surface area (Å²) in [4.78, 5) is 0. The highest BCUT2D eigenvalue weighted by Gasteiger charge is 1.78. The Morgan fingerprint density at radius 2 is 1.50 bits per heavy atom. The molecular weight excluding hydrogens is 126 g/mol. The topological polar surface area (TPSA) is 21.3 Å². The predicted octanol–water partition coefficient (Wildman–Crippen LogP) is 1.66. The second-order valence-corrected chi connectivity index (χ2v) is 2.24. The van der Waals surface area contributed by atoms with Gasteiger partial charge in [0.05, 0.1) is 6.10 Å². The molecule has 0 atom stereocenters. The number of rotatable bonds is 3. The third-order valence-electron chi connectivity index (χ3n) is 0.971. The van der Waals surface area contributed by atoms with E-state index in [4.69, 9.17) is 4.74 Å². The van der Waals surface area contributed by atoms with Crippen molar-refractivity contribution in [2.24, 2.45) is 0 Å². The van der Waals surface area contributed by atoms with Gasteiger partial charge in [0.1, 0.15) is 0 Å². The summed E-state index contributed by atoms with van der Waals surface area (Å²) >= 11 is 0. The van der Waals surface area contributed by atoms with E-state index in [0.717, 1.165) is 13.1 Å². The fourth-order valence-electron chi connectivity index (χ4n) is 0.250. The van der Waals surface area contributed by atoms with E-state index >= 15 is 0 Å². The second-order valence-electron chi connectivity index (χ2n) is 2.24. The average Bonchev–Trinajstić information content (AvgIpc) is 1.91. The van der Waals surface area contributed by atoms with E-state index in [1.807, 2.05) is 13.8 Å². The maximum Gasteiger partial charge on any atom is 0.0515 e. The summed E-state index contributed by atoms with van der Waals surface area (Å²) < 4.78 is 4.75. The Kier molecular flexibility index (Phi) is 14.7. The summed E-state index contributed by atoms with van der Waals surface area (Å²) in [6, 6.07) is 0. The normalized spacial score (nSPS) is 9.00. The van der Waals surface area contributed by atoms with Crippen molar-refractivity contribution < 1.29 is 4.74 Å². The first kappa shape index (κ1) is 12.6. The van der Waals surface area contributed by atoms with Crippen molar-refractivity contribution in [3.05, 3.63) is 0 Å². The van der Waals surface area contributed by atoms with Gasteiger partial charge in [-0.2, -0.15) is 0 Å². The van der Waals surface area contributed by atoms with E-state index in [2.05, 4.69) is 19.2 Å². The van der Waals surface area contributed by atoms with Gasteiger partial charge in [0.15, 0.2) is 0 Å². The van der Waals surface area contributed by atoms with Gasteiger partial charge in [0.25, 0.3) is 0 Å². The zero-order valence-corrected chi connectivity index (χ0v) is 7.90. The van der Waals surface area contributed by atoms with E-state index in [0.29, 0.717) is 6.10 Å². The first-order valence-electron chi connectivity index (χ1n) is 3.92. The van der Waals surface area contributed by atoms with Crippen molar-refractivity contribution in [3.8, 4) is 0 Å². The first-order chi connectivity index (χ1) is 4.68. The lowest BCUT2D eigenvalue weighted by atomic mass is 10.5. The molecule has 0 heterocycles. The van der Waals surface area contributed by atoms with E-state index in [1.54, 1.807) is 7.11 Å². The zero-order valence-electron chi connectivity index (χ0n) is 7.90. The van der Waals surface area contributed by atoms with Gasteiger partial charge in [-0.15, -0.1) is 0 Å². The highest BCUT2D eigenvalue weighted by atomic mass is 16.5. The molecule has 64 valence electrons. The molecule has 1 N–H and O–H groups in total.